The van der Waals surface area contributed by atoms with Crippen LogP contribution in [0, 0.1) is 0 Å². The average Bonchev–Trinajstić information content (AvgIpc) is 3.11. The molecule has 1 aliphatic carbocycles. The maximum Gasteiger partial charge on any atom is 0.274 e. The van der Waals surface area contributed by atoms with E-state index in [4.69, 9.17) is 0 Å². The summed E-state index contributed by atoms with van der Waals surface area (Å²) in [6.07, 6.45) is 1.75. The van der Waals surface area contributed by atoms with Crippen LogP contribution in [0.3, 0.4) is 0 Å². The largest absolute Gasteiger partial charge is 0.326 e. The number of sulfonamides is 1. The highest BCUT2D eigenvalue weighted by Crippen LogP contribution is 2.37. The van der Waals surface area contributed by atoms with E-state index in [9.17, 15) is 13.2 Å². The first-order valence-electron chi connectivity index (χ1n) is 6.94. The van der Waals surface area contributed by atoms with E-state index in [1.54, 1.807) is 41.8 Å². The standard InChI is InChI=1S/C15H16N2O3S2/c1-11(18)16-12-4-6-13(7-5-12)17(14-8-9-14)22(19,20)15-3-2-10-21-15/h2-7,10,14H,8-9H2,1H3,(H,16,18). The maximum absolute atomic E-state index is 12.8. The molecule has 1 aliphatic rings. The molecule has 1 heterocycles. The second kappa shape index (κ2) is 5.73. The van der Waals surface area contributed by atoms with Gasteiger partial charge in [0.1, 0.15) is 4.21 Å². The van der Waals surface area contributed by atoms with Crippen LogP contribution in [0.2, 0.25) is 0 Å². The van der Waals surface area contributed by atoms with E-state index >= 15 is 0 Å². The van der Waals surface area contributed by atoms with Crippen molar-refractivity contribution in [1.82, 2.24) is 0 Å². The Balaban J connectivity index is 1.94. The number of carbonyl (C=O) groups is 1. The van der Waals surface area contributed by atoms with Gasteiger partial charge in [0.2, 0.25) is 5.91 Å². The highest BCUT2D eigenvalue weighted by Gasteiger charge is 2.38. The van der Waals surface area contributed by atoms with Gasteiger partial charge in [0.25, 0.3) is 10.0 Å². The van der Waals surface area contributed by atoms with Crippen LogP contribution in [0.4, 0.5) is 11.4 Å². The molecule has 1 aromatic carbocycles. The van der Waals surface area contributed by atoms with Gasteiger partial charge >= 0.3 is 0 Å². The van der Waals surface area contributed by atoms with Gasteiger partial charge in [0.15, 0.2) is 0 Å². The molecule has 2 aromatic rings. The number of anilines is 2. The first-order valence-corrected chi connectivity index (χ1v) is 9.26. The Hall–Kier alpha value is -1.86. The second-order valence-electron chi connectivity index (χ2n) is 5.19. The van der Waals surface area contributed by atoms with Crippen molar-refractivity contribution in [3.63, 3.8) is 0 Å². The molecule has 1 fully saturated rings. The maximum atomic E-state index is 12.8. The summed E-state index contributed by atoms with van der Waals surface area (Å²) in [5.74, 6) is -0.155. The fourth-order valence-corrected chi connectivity index (χ4v) is 5.05. The first kappa shape index (κ1) is 15.1. The third-order valence-electron chi connectivity index (χ3n) is 3.33. The molecule has 0 radical (unpaired) electrons. The third-order valence-corrected chi connectivity index (χ3v) is 6.58. The number of carbonyl (C=O) groups excluding carboxylic acids is 1. The van der Waals surface area contributed by atoms with Crippen molar-refractivity contribution in [3.05, 3.63) is 41.8 Å². The van der Waals surface area contributed by atoms with E-state index in [0.717, 1.165) is 12.8 Å². The normalized spacial score (nSPS) is 14.6. The van der Waals surface area contributed by atoms with Crippen LogP contribution in [-0.4, -0.2) is 20.4 Å². The Labute approximate surface area is 133 Å². The number of nitrogens with one attached hydrogen (secondary N) is 1. The highest BCUT2D eigenvalue weighted by atomic mass is 32.2. The summed E-state index contributed by atoms with van der Waals surface area (Å²) in [6, 6.07) is 10.3. The molecule has 0 aliphatic heterocycles. The number of hydrogen-bond acceptors (Lipinski definition) is 4. The van der Waals surface area contributed by atoms with Crippen LogP contribution in [-0.2, 0) is 14.8 Å². The summed E-state index contributed by atoms with van der Waals surface area (Å²) in [5.41, 5.74) is 1.28. The van der Waals surface area contributed by atoms with Gasteiger partial charge in [-0.15, -0.1) is 11.3 Å². The molecule has 5 nitrogen and oxygen atoms in total. The summed E-state index contributed by atoms with van der Waals surface area (Å²) in [4.78, 5) is 11.0. The lowest BCUT2D eigenvalue weighted by Gasteiger charge is -2.23. The Bertz CT molecular complexity index is 764. The van der Waals surface area contributed by atoms with Crippen LogP contribution >= 0.6 is 11.3 Å². The van der Waals surface area contributed by atoms with Crippen molar-refractivity contribution in [2.45, 2.75) is 30.0 Å². The predicted octanol–water partition coefficient (Wildman–Crippen LogP) is 3.06. The summed E-state index contributed by atoms with van der Waals surface area (Å²) >= 11 is 1.22. The highest BCUT2D eigenvalue weighted by molar-refractivity contribution is 7.94. The third kappa shape index (κ3) is 3.00. The van der Waals surface area contributed by atoms with Gasteiger partial charge in [-0.25, -0.2) is 8.42 Å². The molecular formula is C15H16N2O3S2. The van der Waals surface area contributed by atoms with E-state index in [1.165, 1.54) is 22.6 Å². The minimum Gasteiger partial charge on any atom is -0.326 e. The van der Waals surface area contributed by atoms with Gasteiger partial charge in [0, 0.05) is 18.7 Å². The van der Waals surface area contributed by atoms with Gasteiger partial charge in [-0.1, -0.05) is 6.07 Å². The van der Waals surface area contributed by atoms with Crippen molar-refractivity contribution in [3.8, 4) is 0 Å². The van der Waals surface area contributed by atoms with Crippen molar-refractivity contribution in [2.24, 2.45) is 0 Å². The van der Waals surface area contributed by atoms with Crippen LogP contribution < -0.4 is 9.62 Å². The lowest BCUT2D eigenvalue weighted by Crippen LogP contribution is -2.32. The van der Waals surface area contributed by atoms with Gasteiger partial charge < -0.3 is 5.32 Å². The Morgan fingerprint density at radius 1 is 1.23 bits per heavy atom. The fraction of sp³-hybridized carbons (Fsp3) is 0.267. The molecule has 1 amide bonds. The summed E-state index contributed by atoms with van der Waals surface area (Å²) in [6.45, 7) is 1.44. The van der Waals surface area contributed by atoms with Crippen LogP contribution in [0.15, 0.2) is 46.0 Å². The molecule has 22 heavy (non-hydrogen) atoms. The zero-order chi connectivity index (χ0) is 15.7. The lowest BCUT2D eigenvalue weighted by molar-refractivity contribution is -0.114. The topological polar surface area (TPSA) is 66.5 Å². The van der Waals surface area contributed by atoms with Crippen LogP contribution in [0.1, 0.15) is 19.8 Å². The molecule has 3 rings (SSSR count). The molecule has 1 N–H and O–H groups in total. The van der Waals surface area contributed by atoms with Crippen molar-refractivity contribution in [2.75, 3.05) is 9.62 Å². The van der Waals surface area contributed by atoms with Crippen LogP contribution in [0.5, 0.6) is 0 Å². The molecule has 0 bridgehead atoms. The number of nitrogens with zero attached hydrogens (tertiary/aromatic N) is 1. The lowest BCUT2D eigenvalue weighted by atomic mass is 10.2. The number of benzene rings is 1. The number of rotatable bonds is 5. The molecule has 1 saturated carbocycles. The molecule has 116 valence electrons. The zero-order valence-electron chi connectivity index (χ0n) is 12.0. The summed E-state index contributed by atoms with van der Waals surface area (Å²) < 4.78 is 27.5. The van der Waals surface area contributed by atoms with E-state index in [1.807, 2.05) is 0 Å². The van der Waals surface area contributed by atoms with E-state index in [2.05, 4.69) is 5.32 Å². The molecule has 1 aromatic heterocycles. The smallest absolute Gasteiger partial charge is 0.274 e. The van der Waals surface area contributed by atoms with E-state index < -0.39 is 10.0 Å². The quantitative estimate of drug-likeness (QED) is 0.912. The van der Waals surface area contributed by atoms with E-state index in [-0.39, 0.29) is 11.9 Å². The minimum atomic E-state index is -3.52. The van der Waals surface area contributed by atoms with E-state index in [0.29, 0.717) is 15.6 Å². The van der Waals surface area contributed by atoms with Crippen molar-refractivity contribution >= 4 is 38.6 Å². The molecule has 0 atom stereocenters. The van der Waals surface area contributed by atoms with Gasteiger partial charge in [-0.05, 0) is 48.6 Å². The number of amides is 1. The molecule has 7 heteroatoms. The van der Waals surface area contributed by atoms with Gasteiger partial charge in [-0.3, -0.25) is 9.10 Å². The number of hydrogen-bond donors (Lipinski definition) is 1. The zero-order valence-corrected chi connectivity index (χ0v) is 13.7. The molecule has 0 unspecified atom stereocenters. The monoisotopic (exact) mass is 336 g/mol. The van der Waals surface area contributed by atoms with Crippen molar-refractivity contribution < 1.29 is 13.2 Å². The molecule has 0 saturated heterocycles. The predicted molar refractivity (Wildman–Crippen MR) is 87.8 cm³/mol. The Kier molecular flexibility index (Phi) is 3.92. The van der Waals surface area contributed by atoms with Gasteiger partial charge in [0.05, 0.1) is 5.69 Å². The minimum absolute atomic E-state index is 0.0266. The average molecular weight is 336 g/mol. The Morgan fingerprint density at radius 2 is 1.91 bits per heavy atom. The number of thiophene rings is 1. The molecule has 0 spiro atoms. The molecular weight excluding hydrogens is 320 g/mol. The Morgan fingerprint density at radius 3 is 2.41 bits per heavy atom. The summed E-state index contributed by atoms with van der Waals surface area (Å²) in [5, 5.41) is 4.44. The van der Waals surface area contributed by atoms with Gasteiger partial charge in [-0.2, -0.15) is 0 Å². The van der Waals surface area contributed by atoms with Crippen LogP contribution in [0.25, 0.3) is 0 Å². The first-order chi connectivity index (χ1) is 10.5. The fourth-order valence-electron chi connectivity index (χ4n) is 2.26. The second-order valence-corrected chi connectivity index (χ2v) is 8.18. The SMILES string of the molecule is CC(=O)Nc1ccc(N(C2CC2)S(=O)(=O)c2cccs2)cc1. The van der Waals surface area contributed by atoms with Crippen molar-refractivity contribution in [1.29, 1.82) is 0 Å². The summed E-state index contributed by atoms with van der Waals surface area (Å²) in [7, 11) is -3.52.